The first-order chi connectivity index (χ1) is 8.81. The summed E-state index contributed by atoms with van der Waals surface area (Å²) in [7, 11) is 2.12. The van der Waals surface area contributed by atoms with Crippen molar-refractivity contribution >= 4 is 16.8 Å². The standard InChI is InChI=1S/C14H19N3O/c1-17(12-4-2-3-10(12)9-15)14-11-6-8-18-13(11)5-7-16-14/h5-8,10,12H,2-4,9,15H2,1H3. The summed E-state index contributed by atoms with van der Waals surface area (Å²) in [5.41, 5.74) is 6.76. The van der Waals surface area contributed by atoms with Gasteiger partial charge in [0, 0.05) is 19.3 Å². The van der Waals surface area contributed by atoms with Gasteiger partial charge in [0.2, 0.25) is 0 Å². The highest BCUT2D eigenvalue weighted by molar-refractivity contribution is 5.88. The molecule has 1 aliphatic carbocycles. The molecule has 0 aromatic carbocycles. The normalized spacial score (nSPS) is 23.7. The zero-order valence-corrected chi connectivity index (χ0v) is 10.7. The summed E-state index contributed by atoms with van der Waals surface area (Å²) in [6.45, 7) is 0.760. The fraction of sp³-hybridized carbons (Fsp3) is 0.500. The van der Waals surface area contributed by atoms with Crippen LogP contribution in [0.2, 0.25) is 0 Å². The van der Waals surface area contributed by atoms with Gasteiger partial charge in [-0.2, -0.15) is 0 Å². The number of furan rings is 1. The number of hydrogen-bond donors (Lipinski definition) is 1. The van der Waals surface area contributed by atoms with Crippen LogP contribution in [-0.4, -0.2) is 24.6 Å². The molecule has 0 radical (unpaired) electrons. The minimum atomic E-state index is 0.503. The van der Waals surface area contributed by atoms with Crippen molar-refractivity contribution in [2.75, 3.05) is 18.5 Å². The van der Waals surface area contributed by atoms with E-state index in [1.54, 1.807) is 6.26 Å². The molecule has 2 unspecified atom stereocenters. The molecule has 0 saturated heterocycles. The van der Waals surface area contributed by atoms with Crippen LogP contribution < -0.4 is 10.6 Å². The summed E-state index contributed by atoms with van der Waals surface area (Å²) in [5.74, 6) is 1.59. The number of aromatic nitrogens is 1. The third-order valence-corrected chi connectivity index (χ3v) is 4.11. The van der Waals surface area contributed by atoms with E-state index >= 15 is 0 Å². The predicted molar refractivity (Wildman–Crippen MR) is 72.6 cm³/mol. The summed E-state index contributed by atoms with van der Waals surface area (Å²) in [6.07, 6.45) is 7.22. The van der Waals surface area contributed by atoms with E-state index in [1.807, 2.05) is 18.3 Å². The summed E-state index contributed by atoms with van der Waals surface area (Å²) in [4.78, 5) is 6.80. The van der Waals surface area contributed by atoms with E-state index in [0.29, 0.717) is 12.0 Å². The predicted octanol–water partition coefficient (Wildman–Crippen LogP) is 2.39. The van der Waals surface area contributed by atoms with Crippen LogP contribution in [0.15, 0.2) is 29.0 Å². The maximum Gasteiger partial charge on any atom is 0.139 e. The summed E-state index contributed by atoms with van der Waals surface area (Å²) in [5, 5.41) is 1.09. The van der Waals surface area contributed by atoms with Crippen LogP contribution in [0.5, 0.6) is 0 Å². The van der Waals surface area contributed by atoms with E-state index < -0.39 is 0 Å². The van der Waals surface area contributed by atoms with Gasteiger partial charge in [-0.1, -0.05) is 6.42 Å². The molecule has 1 fully saturated rings. The molecule has 4 nitrogen and oxygen atoms in total. The number of nitrogens with zero attached hydrogens (tertiary/aromatic N) is 2. The van der Waals surface area contributed by atoms with Crippen LogP contribution in [0, 0.1) is 5.92 Å². The smallest absolute Gasteiger partial charge is 0.139 e. The van der Waals surface area contributed by atoms with Crippen molar-refractivity contribution in [1.29, 1.82) is 0 Å². The Balaban J connectivity index is 1.96. The fourth-order valence-corrected chi connectivity index (χ4v) is 3.12. The lowest BCUT2D eigenvalue weighted by atomic mass is 10.0. The molecule has 2 aromatic rings. The first-order valence-corrected chi connectivity index (χ1v) is 6.56. The summed E-state index contributed by atoms with van der Waals surface area (Å²) in [6, 6.07) is 4.39. The van der Waals surface area contributed by atoms with Crippen molar-refractivity contribution in [1.82, 2.24) is 4.98 Å². The van der Waals surface area contributed by atoms with Crippen molar-refractivity contribution in [2.45, 2.75) is 25.3 Å². The van der Waals surface area contributed by atoms with Gasteiger partial charge in [0.05, 0.1) is 11.6 Å². The lowest BCUT2D eigenvalue weighted by Crippen LogP contribution is -2.38. The molecule has 1 aliphatic rings. The van der Waals surface area contributed by atoms with Gasteiger partial charge >= 0.3 is 0 Å². The Morgan fingerprint density at radius 3 is 3.17 bits per heavy atom. The van der Waals surface area contributed by atoms with Gasteiger partial charge in [-0.05, 0) is 37.4 Å². The lowest BCUT2D eigenvalue weighted by molar-refractivity contribution is 0.473. The third-order valence-electron chi connectivity index (χ3n) is 4.11. The average Bonchev–Trinajstić information content (AvgIpc) is 3.05. The largest absolute Gasteiger partial charge is 0.464 e. The van der Waals surface area contributed by atoms with E-state index in [2.05, 4.69) is 16.9 Å². The Morgan fingerprint density at radius 2 is 2.33 bits per heavy atom. The molecule has 2 atom stereocenters. The maximum absolute atomic E-state index is 5.87. The van der Waals surface area contributed by atoms with Gasteiger partial charge in [0.1, 0.15) is 11.4 Å². The molecule has 0 aliphatic heterocycles. The molecular weight excluding hydrogens is 226 g/mol. The molecular formula is C14H19N3O. The topological polar surface area (TPSA) is 55.3 Å². The van der Waals surface area contributed by atoms with Gasteiger partial charge < -0.3 is 15.1 Å². The zero-order valence-electron chi connectivity index (χ0n) is 10.7. The van der Waals surface area contributed by atoms with Gasteiger partial charge in [-0.25, -0.2) is 4.98 Å². The number of pyridine rings is 1. The highest BCUT2D eigenvalue weighted by Gasteiger charge is 2.30. The van der Waals surface area contributed by atoms with Crippen LogP contribution in [-0.2, 0) is 0 Å². The molecule has 18 heavy (non-hydrogen) atoms. The van der Waals surface area contributed by atoms with Crippen LogP contribution >= 0.6 is 0 Å². The number of rotatable bonds is 3. The Hall–Kier alpha value is -1.55. The Bertz CT molecular complexity index is 537. The van der Waals surface area contributed by atoms with Crippen LogP contribution in [0.1, 0.15) is 19.3 Å². The van der Waals surface area contributed by atoms with Gasteiger partial charge in [-0.3, -0.25) is 0 Å². The highest BCUT2D eigenvalue weighted by Crippen LogP contribution is 2.33. The second kappa shape index (κ2) is 4.61. The molecule has 0 spiro atoms. The first-order valence-electron chi connectivity index (χ1n) is 6.56. The molecule has 0 bridgehead atoms. The third kappa shape index (κ3) is 1.77. The fourth-order valence-electron chi connectivity index (χ4n) is 3.12. The van der Waals surface area contributed by atoms with E-state index in [1.165, 1.54) is 19.3 Å². The van der Waals surface area contributed by atoms with Gasteiger partial charge in [0.25, 0.3) is 0 Å². The molecule has 96 valence electrons. The summed E-state index contributed by atoms with van der Waals surface area (Å²) < 4.78 is 5.43. The molecule has 2 aromatic heterocycles. The summed E-state index contributed by atoms with van der Waals surface area (Å²) >= 11 is 0. The van der Waals surface area contributed by atoms with E-state index in [9.17, 15) is 0 Å². The van der Waals surface area contributed by atoms with E-state index in [0.717, 1.165) is 23.3 Å². The lowest BCUT2D eigenvalue weighted by Gasteiger charge is -2.30. The SMILES string of the molecule is CN(c1nccc2occc12)C1CCCC1CN. The highest BCUT2D eigenvalue weighted by atomic mass is 16.3. The van der Waals surface area contributed by atoms with Crippen molar-refractivity contribution in [3.05, 3.63) is 24.6 Å². The van der Waals surface area contributed by atoms with Gasteiger partial charge in [-0.15, -0.1) is 0 Å². The van der Waals surface area contributed by atoms with Crippen LogP contribution in [0.4, 0.5) is 5.82 Å². The molecule has 3 rings (SSSR count). The number of nitrogens with two attached hydrogens (primary N) is 1. The molecule has 4 heteroatoms. The van der Waals surface area contributed by atoms with Crippen molar-refractivity contribution in [3.8, 4) is 0 Å². The quantitative estimate of drug-likeness (QED) is 0.902. The minimum absolute atomic E-state index is 0.503. The Kier molecular flexibility index (Phi) is 2.96. The number of fused-ring (bicyclic) bond motifs is 1. The maximum atomic E-state index is 5.87. The number of hydrogen-bond acceptors (Lipinski definition) is 4. The zero-order chi connectivity index (χ0) is 12.5. The monoisotopic (exact) mass is 245 g/mol. The minimum Gasteiger partial charge on any atom is -0.464 e. The van der Waals surface area contributed by atoms with E-state index in [-0.39, 0.29) is 0 Å². The number of anilines is 1. The van der Waals surface area contributed by atoms with Crippen LogP contribution in [0.25, 0.3) is 11.0 Å². The Labute approximate surface area is 107 Å². The molecule has 2 N–H and O–H groups in total. The molecule has 2 heterocycles. The van der Waals surface area contributed by atoms with Crippen molar-refractivity contribution < 1.29 is 4.42 Å². The second-order valence-electron chi connectivity index (χ2n) is 5.07. The van der Waals surface area contributed by atoms with Crippen molar-refractivity contribution in [3.63, 3.8) is 0 Å². The van der Waals surface area contributed by atoms with Crippen molar-refractivity contribution in [2.24, 2.45) is 11.7 Å². The molecule has 0 amide bonds. The Morgan fingerprint density at radius 1 is 1.44 bits per heavy atom. The second-order valence-corrected chi connectivity index (χ2v) is 5.07. The van der Waals surface area contributed by atoms with Gasteiger partial charge in [0.15, 0.2) is 0 Å². The van der Waals surface area contributed by atoms with Crippen LogP contribution in [0.3, 0.4) is 0 Å². The first kappa shape index (κ1) is 11.5. The average molecular weight is 245 g/mol. The molecule has 1 saturated carbocycles. The van der Waals surface area contributed by atoms with E-state index in [4.69, 9.17) is 10.2 Å².